The summed E-state index contributed by atoms with van der Waals surface area (Å²) in [6.07, 6.45) is 0.676. The number of hydrogen-bond donors (Lipinski definition) is 0. The highest BCUT2D eigenvalue weighted by Gasteiger charge is 2.36. The number of fused-ring (bicyclic) bond motifs is 1. The van der Waals surface area contributed by atoms with Crippen LogP contribution in [-0.2, 0) is 4.79 Å². The van der Waals surface area contributed by atoms with E-state index >= 15 is 0 Å². The van der Waals surface area contributed by atoms with Gasteiger partial charge in [-0.25, -0.2) is 4.90 Å². The number of imide groups is 1. The fourth-order valence-corrected chi connectivity index (χ4v) is 2.29. The Balaban J connectivity index is 2.01. The summed E-state index contributed by atoms with van der Waals surface area (Å²) in [5, 5.41) is 0. The lowest BCUT2D eigenvalue weighted by Gasteiger charge is -2.13. The predicted octanol–water partition coefficient (Wildman–Crippen LogP) is 1.83. The molecular formula is C16H9NO5. The maximum atomic E-state index is 12.4. The van der Waals surface area contributed by atoms with Gasteiger partial charge in [0.05, 0.1) is 16.8 Å². The Kier molecular flexibility index (Phi) is 3.27. The summed E-state index contributed by atoms with van der Waals surface area (Å²) in [7, 11) is 0. The maximum Gasteiger partial charge on any atom is 0.298 e. The molecule has 6 nitrogen and oxygen atoms in total. The molecule has 108 valence electrons. The van der Waals surface area contributed by atoms with E-state index in [2.05, 4.69) is 4.74 Å². The normalized spacial score (nSPS) is 13.0. The number of hydrogen-bond acceptors (Lipinski definition) is 5. The lowest BCUT2D eigenvalue weighted by atomic mass is 10.1. The summed E-state index contributed by atoms with van der Waals surface area (Å²) >= 11 is 0. The highest BCUT2D eigenvalue weighted by atomic mass is 16.5. The average molecular weight is 295 g/mol. The summed E-state index contributed by atoms with van der Waals surface area (Å²) in [5.74, 6) is -0.778. The Morgan fingerprint density at radius 2 is 1.55 bits per heavy atom. The zero-order valence-corrected chi connectivity index (χ0v) is 11.2. The number of anilines is 1. The summed E-state index contributed by atoms with van der Waals surface area (Å²) in [4.78, 5) is 46.8. The summed E-state index contributed by atoms with van der Waals surface area (Å²) in [6, 6.07) is 10.3. The number of benzene rings is 2. The molecule has 0 aromatic heterocycles. The minimum atomic E-state index is -0.504. The number of rotatable bonds is 4. The molecule has 2 aromatic rings. The van der Waals surface area contributed by atoms with Crippen LogP contribution in [0.5, 0.6) is 5.75 Å². The van der Waals surface area contributed by atoms with Crippen LogP contribution in [0.1, 0.15) is 31.1 Å². The van der Waals surface area contributed by atoms with E-state index in [1.54, 1.807) is 0 Å². The van der Waals surface area contributed by atoms with E-state index in [9.17, 15) is 19.2 Å². The predicted molar refractivity (Wildman–Crippen MR) is 76.1 cm³/mol. The molecule has 2 aromatic carbocycles. The van der Waals surface area contributed by atoms with Crippen molar-refractivity contribution in [2.45, 2.75) is 0 Å². The van der Waals surface area contributed by atoms with Crippen molar-refractivity contribution in [2.75, 3.05) is 4.90 Å². The van der Waals surface area contributed by atoms with Gasteiger partial charge in [-0.3, -0.25) is 19.2 Å². The topological polar surface area (TPSA) is 80.8 Å². The second-order valence-electron chi connectivity index (χ2n) is 4.58. The van der Waals surface area contributed by atoms with Crippen molar-refractivity contribution in [2.24, 2.45) is 0 Å². The third-order valence-corrected chi connectivity index (χ3v) is 3.33. The van der Waals surface area contributed by atoms with Crippen molar-refractivity contribution in [3.05, 3.63) is 59.2 Å². The Labute approximate surface area is 124 Å². The standard InChI is InChI=1S/C16H9NO5/c18-8-10-1-3-11(4-2-10)17-15(20)13-6-5-12(22-9-19)7-14(13)16(17)21/h1-9H. The maximum absolute atomic E-state index is 12.4. The van der Waals surface area contributed by atoms with Gasteiger partial charge in [-0.2, -0.15) is 0 Å². The number of carbonyl (C=O) groups excluding carboxylic acids is 4. The van der Waals surface area contributed by atoms with Crippen molar-refractivity contribution >= 4 is 30.3 Å². The van der Waals surface area contributed by atoms with Crippen molar-refractivity contribution in [3.63, 3.8) is 0 Å². The summed E-state index contributed by atoms with van der Waals surface area (Å²) in [5.41, 5.74) is 1.23. The highest BCUT2D eigenvalue weighted by Crippen LogP contribution is 2.30. The molecule has 0 aliphatic carbocycles. The molecule has 2 amide bonds. The van der Waals surface area contributed by atoms with Crippen LogP contribution in [-0.4, -0.2) is 24.6 Å². The van der Waals surface area contributed by atoms with E-state index in [1.807, 2.05) is 0 Å². The Morgan fingerprint density at radius 3 is 2.18 bits per heavy atom. The highest BCUT2D eigenvalue weighted by molar-refractivity contribution is 6.34. The molecule has 0 N–H and O–H groups in total. The summed E-state index contributed by atoms with van der Waals surface area (Å²) in [6.45, 7) is 0.249. The summed E-state index contributed by atoms with van der Waals surface area (Å²) < 4.78 is 4.68. The number of carbonyl (C=O) groups is 4. The molecule has 0 atom stereocenters. The largest absolute Gasteiger partial charge is 0.429 e. The van der Waals surface area contributed by atoms with Crippen molar-refractivity contribution < 1.29 is 23.9 Å². The Morgan fingerprint density at radius 1 is 0.864 bits per heavy atom. The van der Waals surface area contributed by atoms with Gasteiger partial charge in [0.1, 0.15) is 12.0 Å². The number of nitrogens with zero attached hydrogens (tertiary/aromatic N) is 1. The second kappa shape index (κ2) is 5.25. The first-order chi connectivity index (χ1) is 10.7. The van der Waals surface area contributed by atoms with Crippen LogP contribution in [0, 0.1) is 0 Å². The fraction of sp³-hybridized carbons (Fsp3) is 0. The number of amides is 2. The van der Waals surface area contributed by atoms with Crippen LogP contribution in [0.25, 0.3) is 0 Å². The van der Waals surface area contributed by atoms with E-state index in [-0.39, 0.29) is 23.3 Å². The SMILES string of the molecule is O=COc1ccc2c(c1)C(=O)N(c1ccc(C=O)cc1)C2=O. The number of ether oxygens (including phenoxy) is 1. The zero-order chi connectivity index (χ0) is 15.7. The lowest BCUT2D eigenvalue weighted by Crippen LogP contribution is -2.29. The second-order valence-corrected chi connectivity index (χ2v) is 4.58. The van der Waals surface area contributed by atoms with Crippen molar-refractivity contribution in [1.29, 1.82) is 0 Å². The van der Waals surface area contributed by atoms with E-state index in [0.717, 1.165) is 4.90 Å². The van der Waals surface area contributed by atoms with Crippen LogP contribution in [0.15, 0.2) is 42.5 Å². The molecule has 0 spiro atoms. The Hall–Kier alpha value is -3.28. The third-order valence-electron chi connectivity index (χ3n) is 3.33. The van der Waals surface area contributed by atoms with Crippen molar-refractivity contribution in [3.8, 4) is 5.75 Å². The van der Waals surface area contributed by atoms with E-state index in [1.165, 1.54) is 42.5 Å². The molecule has 0 saturated heterocycles. The van der Waals surface area contributed by atoms with Gasteiger partial charge in [-0.15, -0.1) is 0 Å². The quantitative estimate of drug-likeness (QED) is 0.635. The van der Waals surface area contributed by atoms with Gasteiger partial charge >= 0.3 is 0 Å². The minimum Gasteiger partial charge on any atom is -0.429 e. The molecule has 0 radical (unpaired) electrons. The fourth-order valence-electron chi connectivity index (χ4n) is 2.29. The third kappa shape index (κ3) is 2.07. The smallest absolute Gasteiger partial charge is 0.298 e. The van der Waals surface area contributed by atoms with E-state index in [4.69, 9.17) is 0 Å². The molecule has 1 aliphatic rings. The number of aldehydes is 1. The molecule has 6 heteroatoms. The van der Waals surface area contributed by atoms with Crippen LogP contribution in [0.4, 0.5) is 5.69 Å². The Bertz CT molecular complexity index is 795. The van der Waals surface area contributed by atoms with Crippen LogP contribution in [0.2, 0.25) is 0 Å². The first-order valence-corrected chi connectivity index (χ1v) is 6.34. The van der Waals surface area contributed by atoms with E-state index < -0.39 is 11.8 Å². The monoisotopic (exact) mass is 295 g/mol. The van der Waals surface area contributed by atoms with Crippen LogP contribution in [0.3, 0.4) is 0 Å². The van der Waals surface area contributed by atoms with E-state index in [0.29, 0.717) is 17.5 Å². The zero-order valence-electron chi connectivity index (χ0n) is 11.2. The van der Waals surface area contributed by atoms with Gasteiger partial charge in [0, 0.05) is 5.56 Å². The molecule has 0 unspecified atom stereocenters. The molecule has 0 fully saturated rings. The van der Waals surface area contributed by atoms with Gasteiger partial charge in [0.15, 0.2) is 0 Å². The average Bonchev–Trinajstić information content (AvgIpc) is 2.79. The van der Waals surface area contributed by atoms with Crippen molar-refractivity contribution in [1.82, 2.24) is 0 Å². The first-order valence-electron chi connectivity index (χ1n) is 6.34. The van der Waals surface area contributed by atoms with Crippen LogP contribution < -0.4 is 9.64 Å². The van der Waals surface area contributed by atoms with Gasteiger partial charge in [-0.05, 0) is 42.5 Å². The van der Waals surface area contributed by atoms with Gasteiger partial charge in [0.2, 0.25) is 0 Å². The molecular weight excluding hydrogens is 286 g/mol. The molecule has 3 rings (SSSR count). The van der Waals surface area contributed by atoms with Gasteiger partial charge < -0.3 is 4.74 Å². The van der Waals surface area contributed by atoms with Gasteiger partial charge in [-0.1, -0.05) is 0 Å². The minimum absolute atomic E-state index is 0.170. The van der Waals surface area contributed by atoms with Gasteiger partial charge in [0.25, 0.3) is 18.3 Å². The first kappa shape index (κ1) is 13.7. The molecule has 22 heavy (non-hydrogen) atoms. The molecule has 0 saturated carbocycles. The molecule has 1 aliphatic heterocycles. The van der Waals surface area contributed by atoms with Crippen LogP contribution >= 0.6 is 0 Å². The molecule has 1 heterocycles. The lowest BCUT2D eigenvalue weighted by molar-refractivity contribution is -0.120. The molecule has 0 bridgehead atoms.